The van der Waals surface area contributed by atoms with Crippen molar-refractivity contribution in [2.75, 3.05) is 39.3 Å². The van der Waals surface area contributed by atoms with Gasteiger partial charge in [0.05, 0.1) is 0 Å². The fourth-order valence-electron chi connectivity index (χ4n) is 3.40. The van der Waals surface area contributed by atoms with Crippen LogP contribution in [0.5, 0.6) is 0 Å². The second kappa shape index (κ2) is 6.65. The summed E-state index contributed by atoms with van der Waals surface area (Å²) in [6.45, 7) is 7.36. The van der Waals surface area contributed by atoms with Crippen LogP contribution in [-0.2, 0) is 0 Å². The SMILES string of the molecule is Cl[P+](N1CCCC1)(N1CCCC1)N1CCCC1.F[P-](F)(F)(F)(F)F. The van der Waals surface area contributed by atoms with Gasteiger partial charge in [-0.3, -0.25) is 0 Å². The monoisotopic (exact) mass is 421 g/mol. The molecule has 0 aromatic rings. The van der Waals surface area contributed by atoms with E-state index in [1.165, 1.54) is 77.8 Å². The van der Waals surface area contributed by atoms with Crippen LogP contribution >= 0.6 is 26.1 Å². The van der Waals surface area contributed by atoms with Gasteiger partial charge in [-0.25, -0.2) is 0 Å². The maximum absolute atomic E-state index is 10.7. The van der Waals surface area contributed by atoms with Gasteiger partial charge in [-0.2, -0.15) is 0 Å². The zero-order valence-electron chi connectivity index (χ0n) is 13.4. The molecule has 0 radical (unpaired) electrons. The van der Waals surface area contributed by atoms with Crippen LogP contribution in [0.3, 0.4) is 0 Å². The Hall–Kier alpha value is 0.610. The summed E-state index contributed by atoms with van der Waals surface area (Å²) < 4.78 is 67.1. The van der Waals surface area contributed by atoms with E-state index in [-0.39, 0.29) is 0 Å². The first-order valence-corrected chi connectivity index (χ1v) is 12.8. The van der Waals surface area contributed by atoms with Crippen molar-refractivity contribution in [3.05, 3.63) is 0 Å². The van der Waals surface area contributed by atoms with E-state index in [0.717, 1.165) is 0 Å². The zero-order chi connectivity index (χ0) is 18.1. The van der Waals surface area contributed by atoms with Gasteiger partial charge in [-0.05, 0) is 38.5 Å². The molecule has 3 saturated heterocycles. The van der Waals surface area contributed by atoms with Crippen molar-refractivity contribution < 1.29 is 25.2 Å². The van der Waals surface area contributed by atoms with E-state index < -0.39 is 14.9 Å². The first kappa shape index (κ1) is 20.9. The van der Waals surface area contributed by atoms with Crippen molar-refractivity contribution in [1.29, 1.82) is 0 Å². The molecule has 24 heavy (non-hydrogen) atoms. The fourth-order valence-corrected chi connectivity index (χ4v) is 8.21. The predicted molar refractivity (Wildman–Crippen MR) is 88.8 cm³/mol. The Bertz CT molecular complexity index is 378. The van der Waals surface area contributed by atoms with Crippen LogP contribution in [0.25, 0.3) is 0 Å². The molecule has 0 atom stereocenters. The van der Waals surface area contributed by atoms with Crippen LogP contribution in [0, 0.1) is 0 Å². The Morgan fingerprint density at radius 2 is 0.708 bits per heavy atom. The summed E-state index contributed by atoms with van der Waals surface area (Å²) in [4.78, 5) is 0. The first-order chi connectivity index (χ1) is 10.8. The van der Waals surface area contributed by atoms with Crippen molar-refractivity contribution >= 4 is 26.1 Å². The maximum atomic E-state index is 9.87. The van der Waals surface area contributed by atoms with Crippen LogP contribution in [0.15, 0.2) is 0 Å². The first-order valence-electron chi connectivity index (χ1n) is 8.18. The van der Waals surface area contributed by atoms with Gasteiger partial charge in [0.1, 0.15) is 0 Å². The van der Waals surface area contributed by atoms with E-state index in [1.807, 2.05) is 0 Å². The average molecular weight is 422 g/mol. The van der Waals surface area contributed by atoms with E-state index in [0.29, 0.717) is 0 Å². The molecule has 0 amide bonds. The summed E-state index contributed by atoms with van der Waals surface area (Å²) in [5, 5.41) is 0. The van der Waals surface area contributed by atoms with E-state index in [4.69, 9.17) is 11.2 Å². The normalized spacial score (nSPS) is 27.6. The quantitative estimate of drug-likeness (QED) is 0.377. The molecule has 3 rings (SSSR count). The zero-order valence-corrected chi connectivity index (χ0v) is 15.9. The van der Waals surface area contributed by atoms with Gasteiger partial charge in [-0.1, -0.05) is 0 Å². The molecule has 0 spiro atoms. The van der Waals surface area contributed by atoms with Crippen molar-refractivity contribution in [2.24, 2.45) is 0 Å². The summed E-state index contributed by atoms with van der Waals surface area (Å²) in [6.07, 6.45) is 8.06. The van der Waals surface area contributed by atoms with E-state index >= 15 is 0 Å². The number of hydrogen-bond acceptors (Lipinski definition) is 3. The molecule has 0 aromatic carbocycles. The van der Waals surface area contributed by atoms with Crippen LogP contribution < -0.4 is 0 Å². The molecule has 0 unspecified atom stereocenters. The molecule has 12 heteroatoms. The molecule has 3 nitrogen and oxygen atoms in total. The Kier molecular flexibility index (Phi) is 5.79. The standard InChI is InChI=1S/C12H24ClN3P.F6P/c13-17(14-7-1-2-8-14,15-9-3-4-10-15)16-11-5-6-12-16;1-7(2,3,4,5)6/h1-12H2;/q+1;-1. The molecule has 3 heterocycles. The molecule has 0 saturated carbocycles. The van der Waals surface area contributed by atoms with Crippen LogP contribution in [-0.4, -0.2) is 53.3 Å². The minimum atomic E-state index is -10.7. The number of nitrogens with zero attached hydrogens (tertiary/aromatic N) is 3. The van der Waals surface area contributed by atoms with Gasteiger partial charge >= 0.3 is 40.1 Å². The van der Waals surface area contributed by atoms with Crippen molar-refractivity contribution in [1.82, 2.24) is 14.0 Å². The third-order valence-corrected chi connectivity index (χ3v) is 9.61. The second-order valence-corrected chi connectivity index (χ2v) is 12.4. The second-order valence-electron chi connectivity index (χ2n) is 6.44. The topological polar surface area (TPSA) is 9.72 Å². The van der Waals surface area contributed by atoms with Crippen molar-refractivity contribution in [3.63, 3.8) is 0 Å². The molecule has 0 aromatic heterocycles. The van der Waals surface area contributed by atoms with Crippen LogP contribution in [0.4, 0.5) is 25.2 Å². The van der Waals surface area contributed by atoms with E-state index in [2.05, 4.69) is 14.0 Å². The van der Waals surface area contributed by atoms with Crippen molar-refractivity contribution in [3.8, 4) is 0 Å². The Labute approximate surface area is 143 Å². The molecule has 0 aliphatic carbocycles. The van der Waals surface area contributed by atoms with Gasteiger partial charge in [0.25, 0.3) is 0 Å². The van der Waals surface area contributed by atoms with Gasteiger partial charge in [0, 0.05) is 39.3 Å². The molecular weight excluding hydrogens is 398 g/mol. The fraction of sp³-hybridized carbons (Fsp3) is 1.00. The summed E-state index contributed by atoms with van der Waals surface area (Å²) in [7, 11) is -12.3. The molecule has 0 bridgehead atoms. The number of rotatable bonds is 3. The predicted octanol–water partition coefficient (Wildman–Crippen LogP) is 6.57. The summed E-state index contributed by atoms with van der Waals surface area (Å²) in [5.74, 6) is 0. The Balaban J connectivity index is 0.000000256. The minimum absolute atomic E-state index is 1.23. The van der Waals surface area contributed by atoms with Crippen LogP contribution in [0.1, 0.15) is 38.5 Å². The Morgan fingerprint density at radius 3 is 0.875 bits per heavy atom. The number of halogens is 7. The van der Waals surface area contributed by atoms with Gasteiger partial charge in [-0.15, -0.1) is 14.0 Å². The molecular formula is C12H24ClF6N3P2. The number of hydrogen-bond donors (Lipinski definition) is 0. The summed E-state index contributed by atoms with van der Waals surface area (Å²) >= 11 is 7.25. The van der Waals surface area contributed by atoms with Gasteiger partial charge in [0.2, 0.25) is 0 Å². The third-order valence-electron chi connectivity index (χ3n) is 4.33. The van der Waals surface area contributed by atoms with E-state index in [1.54, 1.807) is 0 Å². The van der Waals surface area contributed by atoms with E-state index in [9.17, 15) is 25.2 Å². The van der Waals surface area contributed by atoms with Gasteiger partial charge in [0.15, 0.2) is 11.2 Å². The molecule has 146 valence electrons. The third kappa shape index (κ3) is 6.73. The molecule has 3 aliphatic rings. The van der Waals surface area contributed by atoms with Crippen molar-refractivity contribution in [2.45, 2.75) is 38.5 Å². The molecule has 0 N–H and O–H groups in total. The molecule has 3 aliphatic heterocycles. The molecule has 3 fully saturated rings. The Morgan fingerprint density at radius 1 is 0.542 bits per heavy atom. The summed E-state index contributed by atoms with van der Waals surface area (Å²) in [6, 6.07) is 0. The van der Waals surface area contributed by atoms with Gasteiger partial charge < -0.3 is 0 Å². The summed E-state index contributed by atoms with van der Waals surface area (Å²) in [5.41, 5.74) is 0. The van der Waals surface area contributed by atoms with Crippen LogP contribution in [0.2, 0.25) is 0 Å². The average Bonchev–Trinajstić information content (AvgIpc) is 3.16.